The van der Waals surface area contributed by atoms with Gasteiger partial charge in [-0.25, -0.2) is 0 Å². The Morgan fingerprint density at radius 3 is 2.43 bits per heavy atom. The van der Waals surface area contributed by atoms with Crippen LogP contribution in [0.4, 0.5) is 0 Å². The van der Waals surface area contributed by atoms with Crippen molar-refractivity contribution >= 4 is 16.5 Å². The molecule has 35 heavy (non-hydrogen) atoms. The normalized spacial score (nSPS) is 18.6. The lowest BCUT2D eigenvalue weighted by Gasteiger charge is -2.31. The van der Waals surface area contributed by atoms with Gasteiger partial charge in [-0.1, -0.05) is 54.6 Å². The van der Waals surface area contributed by atoms with Crippen LogP contribution in [0.2, 0.25) is 0 Å². The fourth-order valence-electron chi connectivity index (χ4n) is 6.40. The summed E-state index contributed by atoms with van der Waals surface area (Å²) in [6.45, 7) is 4.63. The fraction of sp³-hybridized carbons (Fsp3) is 0.152. The number of hydrogen-bond acceptors (Lipinski definition) is 0. The summed E-state index contributed by atoms with van der Waals surface area (Å²) in [4.78, 5) is 0. The van der Waals surface area contributed by atoms with Gasteiger partial charge < -0.3 is 0 Å². The van der Waals surface area contributed by atoms with Gasteiger partial charge >= 0.3 is 0 Å². The summed E-state index contributed by atoms with van der Waals surface area (Å²) in [6.07, 6.45) is 7.55. The Morgan fingerprint density at radius 2 is 1.49 bits per heavy atom. The molecular formula is C33H28N2+2. The van der Waals surface area contributed by atoms with E-state index in [-0.39, 0.29) is 0 Å². The molecule has 5 aromatic rings. The molecule has 168 valence electrons. The number of aromatic nitrogens is 2. The van der Waals surface area contributed by atoms with E-state index in [2.05, 4.69) is 125 Å². The van der Waals surface area contributed by atoms with Gasteiger partial charge in [0.1, 0.15) is 0 Å². The lowest BCUT2D eigenvalue weighted by Crippen LogP contribution is -2.48. The summed E-state index contributed by atoms with van der Waals surface area (Å²) in [5.41, 5.74) is 9.25. The average Bonchev–Trinajstić information content (AvgIpc) is 2.92. The van der Waals surface area contributed by atoms with Crippen LogP contribution in [0.15, 0.2) is 116 Å². The molecule has 2 aliphatic rings. The van der Waals surface area contributed by atoms with E-state index in [1.54, 1.807) is 0 Å². The zero-order chi connectivity index (χ0) is 23.4. The molecular weight excluding hydrogens is 424 g/mol. The lowest BCUT2D eigenvalue weighted by atomic mass is 9.77. The molecule has 2 aliphatic heterocycles. The van der Waals surface area contributed by atoms with Crippen molar-refractivity contribution in [1.82, 2.24) is 0 Å². The molecule has 2 atom stereocenters. The summed E-state index contributed by atoms with van der Waals surface area (Å²) in [7, 11) is 0. The second-order valence-corrected chi connectivity index (χ2v) is 9.84. The zero-order valence-electron chi connectivity index (χ0n) is 19.8. The average molecular weight is 453 g/mol. The Labute approximate surface area is 206 Å². The molecule has 0 amide bonds. The van der Waals surface area contributed by atoms with E-state index in [0.29, 0.717) is 12.0 Å². The molecule has 0 N–H and O–H groups in total. The molecule has 2 nitrogen and oxygen atoms in total. The molecule has 0 fully saturated rings. The number of benzene rings is 3. The van der Waals surface area contributed by atoms with Gasteiger partial charge in [-0.15, -0.1) is 0 Å². The molecule has 2 aromatic heterocycles. The van der Waals surface area contributed by atoms with Crippen LogP contribution in [0.3, 0.4) is 0 Å². The largest absolute Gasteiger partial charge is 0.220 e. The highest BCUT2D eigenvalue weighted by Gasteiger charge is 2.42. The molecule has 4 heterocycles. The monoisotopic (exact) mass is 452 g/mol. The molecule has 3 aromatic carbocycles. The maximum atomic E-state index is 4.63. The first kappa shape index (κ1) is 20.3. The van der Waals surface area contributed by atoms with Crippen molar-refractivity contribution < 1.29 is 9.13 Å². The van der Waals surface area contributed by atoms with Crippen molar-refractivity contribution in [2.24, 2.45) is 0 Å². The molecule has 0 radical (unpaired) electrons. The third-order valence-electron chi connectivity index (χ3n) is 7.98. The van der Waals surface area contributed by atoms with Gasteiger partial charge in [0.2, 0.25) is 11.4 Å². The lowest BCUT2D eigenvalue weighted by molar-refractivity contribution is -0.718. The number of pyridine rings is 2. The number of allylic oxidation sites excluding steroid dienone is 1. The van der Waals surface area contributed by atoms with Crippen LogP contribution in [0.5, 0.6) is 0 Å². The van der Waals surface area contributed by atoms with Gasteiger partial charge in [-0.05, 0) is 53.8 Å². The maximum absolute atomic E-state index is 4.63. The maximum Gasteiger partial charge on any atom is 0.220 e. The molecule has 2 unspecified atom stereocenters. The van der Waals surface area contributed by atoms with E-state index < -0.39 is 0 Å². The third kappa shape index (κ3) is 3.17. The minimum atomic E-state index is 0.361. The Kier molecular flexibility index (Phi) is 4.66. The first-order chi connectivity index (χ1) is 17.3. The SMILES string of the molecule is C=C1CC2c3ccccc3-c3c4ccccc4cc[n+]3C2CCc2ccccc2-c2cccc[n+]21. The molecule has 2 heteroatoms. The van der Waals surface area contributed by atoms with Crippen LogP contribution in [-0.4, -0.2) is 0 Å². The number of nitrogens with zero attached hydrogens (tertiary/aromatic N) is 2. The fourth-order valence-corrected chi connectivity index (χ4v) is 6.40. The number of hydrogen-bond donors (Lipinski definition) is 0. The van der Waals surface area contributed by atoms with Gasteiger partial charge in [0.05, 0.1) is 16.9 Å². The summed E-state index contributed by atoms with van der Waals surface area (Å²) in [6, 6.07) is 35.9. The van der Waals surface area contributed by atoms with Gasteiger partial charge in [0, 0.05) is 36.6 Å². The summed E-state index contributed by atoms with van der Waals surface area (Å²) in [5, 5.41) is 2.63. The van der Waals surface area contributed by atoms with Crippen LogP contribution in [-0.2, 0) is 6.42 Å². The van der Waals surface area contributed by atoms with E-state index in [0.717, 1.165) is 25.0 Å². The van der Waals surface area contributed by atoms with E-state index in [1.807, 2.05) is 0 Å². The first-order valence-corrected chi connectivity index (χ1v) is 12.6. The van der Waals surface area contributed by atoms with Crippen molar-refractivity contribution in [1.29, 1.82) is 0 Å². The predicted octanol–water partition coefficient (Wildman–Crippen LogP) is 6.89. The van der Waals surface area contributed by atoms with Crippen LogP contribution < -0.4 is 9.13 Å². The predicted molar refractivity (Wildman–Crippen MR) is 142 cm³/mol. The third-order valence-corrected chi connectivity index (χ3v) is 7.98. The van der Waals surface area contributed by atoms with E-state index in [4.69, 9.17) is 0 Å². The van der Waals surface area contributed by atoms with Crippen LogP contribution in [0.1, 0.15) is 35.9 Å². The van der Waals surface area contributed by atoms with Crippen LogP contribution >= 0.6 is 0 Å². The standard InChI is InChI=1S/C33H28N2/c1-23-22-30-28-14-6-7-15-29(28)33-27-13-5-3-11-25(27)19-21-35(33)32(30)18-17-24-10-2-4-12-26(24)31-16-8-9-20-34(23)31/h2-16,19-21,30,32H,1,17-18,22H2/q+2. The molecule has 0 aliphatic carbocycles. The van der Waals surface area contributed by atoms with Crippen molar-refractivity contribution in [3.8, 4) is 22.5 Å². The van der Waals surface area contributed by atoms with Crippen molar-refractivity contribution in [3.63, 3.8) is 0 Å². The Bertz CT molecular complexity index is 1610. The number of fused-ring (bicyclic) bond motifs is 11. The van der Waals surface area contributed by atoms with Gasteiger partial charge in [-0.2, -0.15) is 9.13 Å². The zero-order valence-corrected chi connectivity index (χ0v) is 19.8. The molecule has 0 bridgehead atoms. The number of rotatable bonds is 0. The van der Waals surface area contributed by atoms with Crippen LogP contribution in [0.25, 0.3) is 39.0 Å². The summed E-state index contributed by atoms with van der Waals surface area (Å²) < 4.78 is 4.88. The van der Waals surface area contributed by atoms with Crippen molar-refractivity contribution in [3.05, 3.63) is 127 Å². The number of aryl methyl sites for hydroxylation is 1. The van der Waals surface area contributed by atoms with E-state index >= 15 is 0 Å². The first-order valence-electron chi connectivity index (χ1n) is 12.6. The van der Waals surface area contributed by atoms with Crippen molar-refractivity contribution in [2.45, 2.75) is 31.2 Å². The quantitative estimate of drug-likeness (QED) is 0.226. The van der Waals surface area contributed by atoms with E-state index in [1.165, 1.54) is 44.4 Å². The Balaban J connectivity index is 1.48. The van der Waals surface area contributed by atoms with Gasteiger partial charge in [-0.3, -0.25) is 0 Å². The molecule has 0 saturated carbocycles. The molecule has 0 saturated heterocycles. The topological polar surface area (TPSA) is 7.76 Å². The second kappa shape index (κ2) is 8.02. The minimum Gasteiger partial charge on any atom is -0.194 e. The minimum absolute atomic E-state index is 0.361. The molecule has 0 spiro atoms. The van der Waals surface area contributed by atoms with E-state index in [9.17, 15) is 0 Å². The van der Waals surface area contributed by atoms with Gasteiger partial charge in [0.15, 0.2) is 24.1 Å². The van der Waals surface area contributed by atoms with Gasteiger partial charge in [0.25, 0.3) is 0 Å². The Morgan fingerprint density at radius 1 is 0.714 bits per heavy atom. The van der Waals surface area contributed by atoms with Crippen molar-refractivity contribution in [2.75, 3.05) is 0 Å². The summed E-state index contributed by atoms with van der Waals surface area (Å²) in [5.74, 6) is 0.364. The highest BCUT2D eigenvalue weighted by atomic mass is 15.0. The summed E-state index contributed by atoms with van der Waals surface area (Å²) >= 11 is 0. The van der Waals surface area contributed by atoms with Crippen LogP contribution in [0, 0.1) is 0 Å². The highest BCUT2D eigenvalue weighted by molar-refractivity contribution is 5.94. The highest BCUT2D eigenvalue weighted by Crippen LogP contribution is 2.45. The smallest absolute Gasteiger partial charge is 0.194 e. The Hall–Kier alpha value is -4.04. The molecule has 7 rings (SSSR count). The second-order valence-electron chi connectivity index (χ2n) is 9.84.